The maximum Gasteiger partial charge on any atom is 0.193 e. The van der Waals surface area contributed by atoms with Gasteiger partial charge in [-0.25, -0.2) is 0 Å². The molecule has 3 heteroatoms. The third-order valence-electron chi connectivity index (χ3n) is 5.76. The minimum absolute atomic E-state index is 0.367. The molecule has 0 aliphatic heterocycles. The summed E-state index contributed by atoms with van der Waals surface area (Å²) in [6.07, 6.45) is 5.05. The predicted octanol–water partition coefficient (Wildman–Crippen LogP) is 5.12. The number of carbonyl (C=O) groups is 1. The Hall–Kier alpha value is -1.16. The smallest absolute Gasteiger partial charge is 0.193 e. The Bertz CT molecular complexity index is 738. The quantitative estimate of drug-likeness (QED) is 0.546. The molecule has 0 saturated carbocycles. The summed E-state index contributed by atoms with van der Waals surface area (Å²) in [6, 6.07) is 21.4. The lowest BCUT2D eigenvalue weighted by atomic mass is 10.4. The summed E-state index contributed by atoms with van der Waals surface area (Å²) >= 11 is 0. The summed E-state index contributed by atoms with van der Waals surface area (Å²) in [5.74, 6) is 2.53. The molecule has 0 amide bonds. The molecule has 26 heavy (non-hydrogen) atoms. The molecule has 0 fully saturated rings. The minimum Gasteiger partial charge on any atom is -0.291 e. The highest BCUT2D eigenvalue weighted by Crippen LogP contribution is 2.57. The Morgan fingerprint density at radius 1 is 0.846 bits per heavy atom. The van der Waals surface area contributed by atoms with E-state index in [-0.39, 0.29) is 0 Å². The average molecular weight is 387 g/mol. The molecule has 0 saturated heterocycles. The zero-order valence-corrected chi connectivity index (χ0v) is 18.5. The summed E-state index contributed by atoms with van der Waals surface area (Å²) in [4.78, 5) is 13.3. The van der Waals surface area contributed by atoms with Crippen molar-refractivity contribution in [2.45, 2.75) is 27.7 Å². The standard InChI is InChI=1S/C23H33OP2/c1-5-25(6-2,22-15-11-9-12-16-22)19-21(24)20-26(7-3,8-4)23-17-13-10-14-18-23/h9-19H,5-8,20H2,1-4H3/q+1. The van der Waals surface area contributed by atoms with E-state index in [4.69, 9.17) is 0 Å². The first-order chi connectivity index (χ1) is 12.6. The van der Waals surface area contributed by atoms with Crippen molar-refractivity contribution in [2.24, 2.45) is 0 Å². The lowest BCUT2D eigenvalue weighted by Crippen LogP contribution is -2.25. The summed E-state index contributed by atoms with van der Waals surface area (Å²) in [6.45, 7) is 7.49. The number of rotatable bonds is 9. The first kappa shape index (κ1) is 21.1. The van der Waals surface area contributed by atoms with Crippen molar-refractivity contribution < 1.29 is 4.79 Å². The predicted molar refractivity (Wildman–Crippen MR) is 124 cm³/mol. The van der Waals surface area contributed by atoms with Crippen LogP contribution in [0, 0.1) is 0 Å². The van der Waals surface area contributed by atoms with Crippen LogP contribution in [0.3, 0.4) is 0 Å². The molecule has 0 aliphatic rings. The average Bonchev–Trinajstić information content (AvgIpc) is 2.71. The van der Waals surface area contributed by atoms with Crippen LogP contribution in [0.1, 0.15) is 27.7 Å². The van der Waals surface area contributed by atoms with Crippen LogP contribution in [0.2, 0.25) is 0 Å². The van der Waals surface area contributed by atoms with E-state index in [1.807, 2.05) is 0 Å². The Morgan fingerprint density at radius 3 is 1.81 bits per heavy atom. The van der Waals surface area contributed by atoms with Gasteiger partial charge < -0.3 is 0 Å². The number of Topliss-reactive ketones (excluding diaryl/α,β-unsaturated/α-hetero) is 1. The van der Waals surface area contributed by atoms with Gasteiger partial charge in [0.25, 0.3) is 0 Å². The van der Waals surface area contributed by atoms with Gasteiger partial charge in [-0.2, -0.15) is 0 Å². The van der Waals surface area contributed by atoms with Crippen molar-refractivity contribution in [2.75, 3.05) is 30.8 Å². The lowest BCUT2D eigenvalue weighted by Gasteiger charge is -2.26. The lowest BCUT2D eigenvalue weighted by molar-refractivity contribution is -0.110. The van der Waals surface area contributed by atoms with Gasteiger partial charge in [-0.15, -0.1) is 0 Å². The summed E-state index contributed by atoms with van der Waals surface area (Å²) in [5, 5.41) is 2.78. The van der Waals surface area contributed by atoms with Crippen LogP contribution in [-0.4, -0.2) is 42.4 Å². The second-order valence-electron chi connectivity index (χ2n) is 6.87. The number of ketones is 1. The van der Waals surface area contributed by atoms with Crippen LogP contribution in [0.4, 0.5) is 0 Å². The molecule has 2 aromatic carbocycles. The second kappa shape index (κ2) is 9.68. The van der Waals surface area contributed by atoms with Gasteiger partial charge >= 0.3 is 0 Å². The second-order valence-corrected chi connectivity index (χ2v) is 15.4. The van der Waals surface area contributed by atoms with Gasteiger partial charge in [-0.1, -0.05) is 69.3 Å². The molecular formula is C23H33OP2+. The molecule has 0 bridgehead atoms. The molecule has 0 aromatic heterocycles. The molecule has 0 atom stereocenters. The molecule has 0 aliphatic carbocycles. The largest absolute Gasteiger partial charge is 0.291 e. The fourth-order valence-corrected chi connectivity index (χ4v) is 10.4. The molecule has 2 aromatic rings. The van der Waals surface area contributed by atoms with E-state index >= 15 is 0 Å². The Balaban J connectivity index is 2.41. The molecule has 0 unspecified atom stereocenters. The van der Waals surface area contributed by atoms with Crippen molar-refractivity contribution in [3.8, 4) is 0 Å². The van der Waals surface area contributed by atoms with Crippen molar-refractivity contribution >= 4 is 36.3 Å². The Morgan fingerprint density at radius 2 is 1.35 bits per heavy atom. The first-order valence-electron chi connectivity index (χ1n) is 9.78. The van der Waals surface area contributed by atoms with Crippen molar-refractivity contribution in [3.63, 3.8) is 0 Å². The van der Waals surface area contributed by atoms with E-state index in [1.54, 1.807) is 0 Å². The van der Waals surface area contributed by atoms with Gasteiger partial charge in [0.05, 0.1) is 24.9 Å². The van der Waals surface area contributed by atoms with Crippen molar-refractivity contribution in [1.29, 1.82) is 0 Å². The molecule has 0 N–H and O–H groups in total. The van der Waals surface area contributed by atoms with E-state index in [9.17, 15) is 4.79 Å². The molecule has 0 spiro atoms. The highest BCUT2D eigenvalue weighted by atomic mass is 31.2. The van der Waals surface area contributed by atoms with Crippen LogP contribution < -0.4 is 10.6 Å². The zero-order valence-electron chi connectivity index (χ0n) is 16.7. The van der Waals surface area contributed by atoms with Crippen LogP contribution in [-0.2, 0) is 4.79 Å². The van der Waals surface area contributed by atoms with E-state index < -0.39 is 14.1 Å². The van der Waals surface area contributed by atoms with Gasteiger partial charge in [0.1, 0.15) is 6.16 Å². The third kappa shape index (κ3) is 4.57. The van der Waals surface area contributed by atoms with Gasteiger partial charge in [0, 0.05) is 0 Å². The fourth-order valence-electron chi connectivity index (χ4n) is 3.83. The Labute approximate surface area is 160 Å². The molecule has 0 heterocycles. The van der Waals surface area contributed by atoms with Crippen LogP contribution in [0.25, 0.3) is 0 Å². The van der Waals surface area contributed by atoms with Gasteiger partial charge in [0.2, 0.25) is 0 Å². The van der Waals surface area contributed by atoms with Crippen LogP contribution in [0.5, 0.6) is 0 Å². The maximum absolute atomic E-state index is 13.3. The van der Waals surface area contributed by atoms with Gasteiger partial charge in [0.15, 0.2) is 5.78 Å². The van der Waals surface area contributed by atoms with Gasteiger partial charge in [-0.3, -0.25) is 4.79 Å². The molecule has 1 nitrogen and oxygen atoms in total. The monoisotopic (exact) mass is 387 g/mol. The number of benzene rings is 2. The summed E-state index contributed by atoms with van der Waals surface area (Å²) < 4.78 is 0. The minimum atomic E-state index is -1.52. The summed E-state index contributed by atoms with van der Waals surface area (Å²) in [5.41, 5.74) is 0. The van der Waals surface area contributed by atoms with Crippen molar-refractivity contribution in [1.82, 2.24) is 0 Å². The van der Waals surface area contributed by atoms with E-state index in [2.05, 4.69) is 94.2 Å². The fraction of sp³-hybridized carbons (Fsp3) is 0.391. The van der Waals surface area contributed by atoms with E-state index in [0.29, 0.717) is 5.78 Å². The van der Waals surface area contributed by atoms with Crippen LogP contribution >= 0.6 is 14.1 Å². The zero-order chi connectivity index (χ0) is 19.0. The number of hydrogen-bond donors (Lipinski definition) is 0. The third-order valence-corrected chi connectivity index (χ3v) is 14.9. The number of carbonyl (C=O) groups excluding carboxylic acids is 1. The highest BCUT2D eigenvalue weighted by Gasteiger charge is 2.38. The topological polar surface area (TPSA) is 17.1 Å². The molecule has 2 rings (SSSR count). The van der Waals surface area contributed by atoms with E-state index in [1.165, 1.54) is 10.6 Å². The molecule has 0 radical (unpaired) electrons. The van der Waals surface area contributed by atoms with Crippen molar-refractivity contribution in [3.05, 3.63) is 60.7 Å². The van der Waals surface area contributed by atoms with Gasteiger partial charge in [-0.05, 0) is 49.4 Å². The van der Waals surface area contributed by atoms with E-state index in [0.717, 1.165) is 30.8 Å². The Kier molecular flexibility index (Phi) is 7.87. The molecule has 140 valence electrons. The SMILES string of the molecule is CCP(=CC(=O)C[P+](CC)(CC)c1ccccc1)(CC)c1ccccc1. The maximum atomic E-state index is 13.3. The summed E-state index contributed by atoms with van der Waals surface area (Å²) in [7, 11) is -1.43. The normalized spacial score (nSPS) is 12.0. The number of hydrogen-bond acceptors (Lipinski definition) is 1. The van der Waals surface area contributed by atoms with Crippen LogP contribution in [0.15, 0.2) is 60.7 Å². The molecular weight excluding hydrogens is 354 g/mol. The highest BCUT2D eigenvalue weighted by molar-refractivity contribution is 7.85. The first-order valence-corrected chi connectivity index (χ1v) is 14.4.